The molecule has 0 saturated heterocycles. The zero-order valence-electron chi connectivity index (χ0n) is 17.9. The summed E-state index contributed by atoms with van der Waals surface area (Å²) in [5, 5.41) is 11.8. The molecule has 3 aromatic carbocycles. The lowest BCUT2D eigenvalue weighted by atomic mass is 10.0. The molecule has 162 valence electrons. The summed E-state index contributed by atoms with van der Waals surface area (Å²) in [6, 6.07) is 26.0. The quantitative estimate of drug-likeness (QED) is 0.391. The van der Waals surface area contributed by atoms with Gasteiger partial charge in [-0.2, -0.15) is 0 Å². The number of benzene rings is 3. The summed E-state index contributed by atoms with van der Waals surface area (Å²) in [5.74, 6) is 0.885. The van der Waals surface area contributed by atoms with Crippen LogP contribution < -0.4 is 10.1 Å². The van der Waals surface area contributed by atoms with E-state index in [1.54, 1.807) is 13.4 Å². The molecule has 0 radical (unpaired) electrons. The van der Waals surface area contributed by atoms with Crippen molar-refractivity contribution in [1.29, 1.82) is 0 Å². The third-order valence-corrected chi connectivity index (χ3v) is 6.03. The molecule has 0 aliphatic rings. The minimum absolute atomic E-state index is 0.0655. The van der Waals surface area contributed by atoms with E-state index in [2.05, 4.69) is 51.9 Å². The largest absolute Gasteiger partial charge is 0.495 e. The van der Waals surface area contributed by atoms with Crippen LogP contribution in [-0.2, 0) is 4.79 Å². The van der Waals surface area contributed by atoms with Gasteiger partial charge in [-0.1, -0.05) is 78.5 Å². The summed E-state index contributed by atoms with van der Waals surface area (Å²) < 4.78 is 7.24. The van der Waals surface area contributed by atoms with Crippen molar-refractivity contribution < 1.29 is 9.53 Å². The third kappa shape index (κ3) is 5.00. The maximum atomic E-state index is 12.6. The van der Waals surface area contributed by atoms with Crippen LogP contribution in [0.1, 0.15) is 18.5 Å². The number of rotatable bonds is 8. The van der Waals surface area contributed by atoms with E-state index in [0.29, 0.717) is 10.9 Å². The maximum Gasteiger partial charge on any atom is 0.230 e. The summed E-state index contributed by atoms with van der Waals surface area (Å²) in [7, 11) is 1.62. The van der Waals surface area contributed by atoms with Gasteiger partial charge >= 0.3 is 0 Å². The molecule has 1 N–H and O–H groups in total. The normalized spacial score (nSPS) is 11.7. The topological polar surface area (TPSA) is 69.0 Å². The van der Waals surface area contributed by atoms with Crippen molar-refractivity contribution in [2.75, 3.05) is 12.9 Å². The van der Waals surface area contributed by atoms with Gasteiger partial charge in [-0.25, -0.2) is 0 Å². The molecule has 0 fully saturated rings. The van der Waals surface area contributed by atoms with E-state index in [4.69, 9.17) is 4.74 Å². The van der Waals surface area contributed by atoms with Gasteiger partial charge in [0, 0.05) is 0 Å². The molecule has 1 atom stereocenters. The fourth-order valence-electron chi connectivity index (χ4n) is 3.41. The Morgan fingerprint density at radius 3 is 2.44 bits per heavy atom. The Morgan fingerprint density at radius 1 is 1.00 bits per heavy atom. The molecule has 32 heavy (non-hydrogen) atoms. The highest BCUT2D eigenvalue weighted by molar-refractivity contribution is 7.99. The number of aromatic nitrogens is 3. The van der Waals surface area contributed by atoms with Crippen LogP contribution in [0.25, 0.3) is 16.8 Å². The first kappa shape index (κ1) is 21.6. The molecule has 1 unspecified atom stereocenters. The number of carbonyl (C=O) groups is 1. The van der Waals surface area contributed by atoms with Crippen molar-refractivity contribution in [1.82, 2.24) is 20.1 Å². The van der Waals surface area contributed by atoms with Crippen molar-refractivity contribution in [2.24, 2.45) is 0 Å². The highest BCUT2D eigenvalue weighted by Gasteiger charge is 2.15. The lowest BCUT2D eigenvalue weighted by Gasteiger charge is -2.15. The summed E-state index contributed by atoms with van der Waals surface area (Å²) in [6.45, 7) is 1.98. The number of methoxy groups -OCH3 is 1. The fourth-order valence-corrected chi connectivity index (χ4v) is 4.14. The predicted octanol–water partition coefficient (Wildman–Crippen LogP) is 4.91. The van der Waals surface area contributed by atoms with Crippen LogP contribution in [0.4, 0.5) is 0 Å². The molecular formula is C25H24N4O2S. The summed E-state index contributed by atoms with van der Waals surface area (Å²) in [6.07, 6.45) is 1.62. The van der Waals surface area contributed by atoms with Crippen LogP contribution in [0, 0.1) is 0 Å². The highest BCUT2D eigenvalue weighted by atomic mass is 32.2. The fraction of sp³-hybridized carbons (Fsp3) is 0.160. The number of hydrogen-bond donors (Lipinski definition) is 1. The van der Waals surface area contributed by atoms with Crippen LogP contribution in [0.2, 0.25) is 0 Å². The molecule has 0 aliphatic heterocycles. The van der Waals surface area contributed by atoms with Crippen molar-refractivity contribution in [3.63, 3.8) is 0 Å². The maximum absolute atomic E-state index is 12.6. The van der Waals surface area contributed by atoms with Crippen LogP contribution >= 0.6 is 11.8 Å². The lowest BCUT2D eigenvalue weighted by molar-refractivity contribution is -0.119. The second kappa shape index (κ2) is 10.2. The van der Waals surface area contributed by atoms with Gasteiger partial charge in [0.05, 0.1) is 24.6 Å². The number of ether oxygens (including phenoxy) is 1. The molecule has 0 bridgehead atoms. The summed E-state index contributed by atoms with van der Waals surface area (Å²) in [4.78, 5) is 12.6. The average molecular weight is 445 g/mol. The lowest BCUT2D eigenvalue weighted by Crippen LogP contribution is -2.28. The number of carbonyl (C=O) groups excluding carboxylic acids is 1. The van der Waals surface area contributed by atoms with E-state index in [0.717, 1.165) is 16.8 Å². The summed E-state index contributed by atoms with van der Waals surface area (Å²) >= 11 is 1.33. The zero-order valence-corrected chi connectivity index (χ0v) is 18.8. The number of amides is 1. The SMILES string of the molecule is COc1ccccc1-n1cnnc1SCC(=O)NC(C)c1ccc(-c2ccccc2)cc1. The van der Waals surface area contributed by atoms with E-state index < -0.39 is 0 Å². The molecular weight excluding hydrogens is 420 g/mol. The van der Waals surface area contributed by atoms with Gasteiger partial charge in [0.25, 0.3) is 0 Å². The molecule has 0 aliphatic carbocycles. The van der Waals surface area contributed by atoms with Gasteiger partial charge in [-0.15, -0.1) is 10.2 Å². The van der Waals surface area contributed by atoms with Gasteiger partial charge in [-0.05, 0) is 35.7 Å². The molecule has 6 nitrogen and oxygen atoms in total. The first-order chi connectivity index (χ1) is 15.7. The van der Waals surface area contributed by atoms with Gasteiger partial charge in [0.1, 0.15) is 12.1 Å². The molecule has 4 rings (SSSR count). The number of thioether (sulfide) groups is 1. The minimum atomic E-state index is -0.0972. The number of para-hydroxylation sites is 2. The van der Waals surface area contributed by atoms with Gasteiger partial charge in [0.2, 0.25) is 5.91 Å². The van der Waals surface area contributed by atoms with Crippen LogP contribution in [-0.4, -0.2) is 33.5 Å². The van der Waals surface area contributed by atoms with E-state index in [-0.39, 0.29) is 17.7 Å². The van der Waals surface area contributed by atoms with Crippen LogP contribution in [0.5, 0.6) is 5.75 Å². The van der Waals surface area contributed by atoms with E-state index >= 15 is 0 Å². The molecule has 0 saturated carbocycles. The Labute approximate surface area is 191 Å². The van der Waals surface area contributed by atoms with Gasteiger partial charge < -0.3 is 10.1 Å². The third-order valence-electron chi connectivity index (χ3n) is 5.09. The number of hydrogen-bond acceptors (Lipinski definition) is 5. The van der Waals surface area contributed by atoms with E-state index in [1.807, 2.05) is 54.0 Å². The van der Waals surface area contributed by atoms with Crippen molar-refractivity contribution in [2.45, 2.75) is 18.1 Å². The number of nitrogens with one attached hydrogen (secondary N) is 1. The predicted molar refractivity (Wildman–Crippen MR) is 127 cm³/mol. The molecule has 0 spiro atoms. The smallest absolute Gasteiger partial charge is 0.230 e. The van der Waals surface area contributed by atoms with E-state index in [1.165, 1.54) is 17.3 Å². The summed E-state index contributed by atoms with van der Waals surface area (Å²) in [5.41, 5.74) is 4.21. The van der Waals surface area contributed by atoms with Gasteiger partial charge in [-0.3, -0.25) is 9.36 Å². The van der Waals surface area contributed by atoms with Crippen LogP contribution in [0.15, 0.2) is 90.3 Å². The standard InChI is InChI=1S/C25H24N4O2S/c1-18(19-12-14-21(15-13-19)20-8-4-3-5-9-20)27-24(30)16-32-25-28-26-17-29(25)22-10-6-7-11-23(22)31-2/h3-15,17-18H,16H2,1-2H3,(H,27,30). The average Bonchev–Trinajstić information content (AvgIpc) is 3.32. The molecule has 4 aromatic rings. The Morgan fingerprint density at radius 2 is 1.69 bits per heavy atom. The zero-order chi connectivity index (χ0) is 22.3. The molecule has 1 amide bonds. The van der Waals surface area contributed by atoms with E-state index in [9.17, 15) is 4.79 Å². The Hall–Kier alpha value is -3.58. The molecule has 1 aromatic heterocycles. The first-order valence-corrected chi connectivity index (χ1v) is 11.2. The van der Waals surface area contributed by atoms with Gasteiger partial charge in [0.15, 0.2) is 5.16 Å². The van der Waals surface area contributed by atoms with Crippen molar-refractivity contribution >= 4 is 17.7 Å². The Balaban J connectivity index is 1.36. The second-order valence-electron chi connectivity index (χ2n) is 7.22. The Bertz CT molecular complexity index is 1180. The number of nitrogens with zero attached hydrogens (tertiary/aromatic N) is 3. The van der Waals surface area contributed by atoms with Crippen LogP contribution in [0.3, 0.4) is 0 Å². The monoisotopic (exact) mass is 444 g/mol. The molecule has 1 heterocycles. The van der Waals surface area contributed by atoms with Crippen molar-refractivity contribution in [3.8, 4) is 22.6 Å². The van der Waals surface area contributed by atoms with Crippen molar-refractivity contribution in [3.05, 3.63) is 90.8 Å². The second-order valence-corrected chi connectivity index (χ2v) is 8.16. The highest BCUT2D eigenvalue weighted by Crippen LogP contribution is 2.27. The minimum Gasteiger partial charge on any atom is -0.495 e. The molecule has 7 heteroatoms. The Kier molecular flexibility index (Phi) is 6.87. The first-order valence-electron chi connectivity index (χ1n) is 10.3.